The molecule has 0 spiro atoms. The third-order valence-corrected chi connectivity index (χ3v) is 2.15. The number of hydrogen-bond acceptors (Lipinski definition) is 3. The fourth-order valence-corrected chi connectivity index (χ4v) is 1.07. The number of ether oxygens (including phenoxy) is 1. The Bertz CT molecular complexity index is 163. The van der Waals surface area contributed by atoms with Crippen molar-refractivity contribution in [1.82, 2.24) is 10.6 Å². The number of carbonyl (C=O) groups excluding carboxylic acids is 1. The Labute approximate surface area is 92.8 Å². The summed E-state index contributed by atoms with van der Waals surface area (Å²) in [6.07, 6.45) is 1.92. The van der Waals surface area contributed by atoms with Crippen LogP contribution in [0.3, 0.4) is 0 Å². The molecule has 0 aliphatic rings. The van der Waals surface area contributed by atoms with E-state index in [-0.39, 0.29) is 11.9 Å². The molecular weight excluding hydrogens is 192 g/mol. The first kappa shape index (κ1) is 14.4. The van der Waals surface area contributed by atoms with Crippen LogP contribution in [0.5, 0.6) is 0 Å². The molecular formula is C11H24N2O2. The molecule has 2 N–H and O–H groups in total. The molecule has 1 atom stereocenters. The van der Waals surface area contributed by atoms with Gasteiger partial charge in [-0.1, -0.05) is 6.92 Å². The van der Waals surface area contributed by atoms with Crippen molar-refractivity contribution in [3.8, 4) is 0 Å². The molecule has 0 aromatic heterocycles. The van der Waals surface area contributed by atoms with Crippen LogP contribution >= 0.6 is 0 Å². The van der Waals surface area contributed by atoms with E-state index in [9.17, 15) is 4.79 Å². The molecule has 0 aliphatic heterocycles. The quantitative estimate of drug-likeness (QED) is 0.563. The number of rotatable bonds is 9. The molecule has 0 aromatic rings. The first-order valence-electron chi connectivity index (χ1n) is 5.78. The molecule has 0 heterocycles. The van der Waals surface area contributed by atoms with Crippen molar-refractivity contribution in [2.24, 2.45) is 0 Å². The predicted molar refractivity (Wildman–Crippen MR) is 61.9 cm³/mol. The summed E-state index contributed by atoms with van der Waals surface area (Å²) in [7, 11) is 0. The lowest BCUT2D eigenvalue weighted by atomic mass is 10.2. The highest BCUT2D eigenvalue weighted by molar-refractivity contribution is 5.78. The van der Waals surface area contributed by atoms with E-state index < -0.39 is 0 Å². The largest absolute Gasteiger partial charge is 0.382 e. The summed E-state index contributed by atoms with van der Waals surface area (Å²) in [6, 6.07) is 0.266. The van der Waals surface area contributed by atoms with E-state index in [1.54, 1.807) is 0 Å². The highest BCUT2D eigenvalue weighted by Gasteiger charge is 2.03. The summed E-state index contributed by atoms with van der Waals surface area (Å²) < 4.78 is 5.18. The van der Waals surface area contributed by atoms with Crippen LogP contribution in [0.15, 0.2) is 0 Å². The maximum atomic E-state index is 11.3. The summed E-state index contributed by atoms with van der Waals surface area (Å²) in [6.45, 7) is 8.79. The first-order valence-corrected chi connectivity index (χ1v) is 5.78. The Kier molecular flexibility index (Phi) is 9.52. The fourth-order valence-electron chi connectivity index (χ4n) is 1.07. The zero-order chi connectivity index (χ0) is 11.5. The van der Waals surface area contributed by atoms with Crippen LogP contribution in [-0.2, 0) is 9.53 Å². The maximum absolute atomic E-state index is 11.3. The molecule has 0 radical (unpaired) electrons. The average molecular weight is 216 g/mol. The summed E-state index contributed by atoms with van der Waals surface area (Å²) in [4.78, 5) is 11.3. The van der Waals surface area contributed by atoms with Gasteiger partial charge in [0.2, 0.25) is 5.91 Å². The molecule has 0 aromatic carbocycles. The molecule has 1 unspecified atom stereocenters. The monoisotopic (exact) mass is 216 g/mol. The van der Waals surface area contributed by atoms with Crippen molar-refractivity contribution in [2.45, 2.75) is 39.7 Å². The Balaban J connectivity index is 3.24. The minimum absolute atomic E-state index is 0.0701. The second-order valence-corrected chi connectivity index (χ2v) is 3.60. The van der Waals surface area contributed by atoms with E-state index in [0.717, 1.165) is 32.6 Å². The van der Waals surface area contributed by atoms with E-state index >= 15 is 0 Å². The smallest absolute Gasteiger partial charge is 0.234 e. The van der Waals surface area contributed by atoms with E-state index in [4.69, 9.17) is 4.74 Å². The molecule has 4 heteroatoms. The zero-order valence-electron chi connectivity index (χ0n) is 10.1. The average Bonchev–Trinajstić information content (AvgIpc) is 2.23. The van der Waals surface area contributed by atoms with Crippen molar-refractivity contribution >= 4 is 5.91 Å². The number of hydrogen-bond donors (Lipinski definition) is 2. The van der Waals surface area contributed by atoms with Gasteiger partial charge in [0.25, 0.3) is 0 Å². The van der Waals surface area contributed by atoms with Gasteiger partial charge in [0, 0.05) is 19.3 Å². The van der Waals surface area contributed by atoms with Crippen LogP contribution in [0.25, 0.3) is 0 Å². The summed E-state index contributed by atoms with van der Waals surface area (Å²) in [5, 5.41) is 5.98. The summed E-state index contributed by atoms with van der Waals surface area (Å²) in [5.41, 5.74) is 0. The second-order valence-electron chi connectivity index (χ2n) is 3.60. The summed E-state index contributed by atoms with van der Waals surface area (Å²) >= 11 is 0. The molecule has 0 rings (SSSR count). The van der Waals surface area contributed by atoms with Gasteiger partial charge in [0.15, 0.2) is 0 Å². The van der Waals surface area contributed by atoms with Gasteiger partial charge in [-0.15, -0.1) is 0 Å². The Hall–Kier alpha value is -0.610. The standard InChI is InChI=1S/C11H24N2O2/c1-4-10(3)13-11(14)9-12-7-6-8-15-5-2/h10,12H,4-9H2,1-3H3,(H,13,14). The molecule has 0 bridgehead atoms. The van der Waals surface area contributed by atoms with E-state index in [1.165, 1.54) is 0 Å². The Morgan fingerprint density at radius 2 is 2.13 bits per heavy atom. The van der Waals surface area contributed by atoms with Crippen LogP contribution < -0.4 is 10.6 Å². The highest BCUT2D eigenvalue weighted by Crippen LogP contribution is 1.86. The third kappa shape index (κ3) is 9.69. The van der Waals surface area contributed by atoms with Gasteiger partial charge in [0.1, 0.15) is 0 Å². The van der Waals surface area contributed by atoms with Crippen LogP contribution in [0.2, 0.25) is 0 Å². The predicted octanol–water partition coefficient (Wildman–Crippen LogP) is 0.917. The topological polar surface area (TPSA) is 50.4 Å². The SMILES string of the molecule is CCOCCCNCC(=O)NC(C)CC. The van der Waals surface area contributed by atoms with Crippen molar-refractivity contribution in [3.05, 3.63) is 0 Å². The van der Waals surface area contributed by atoms with Crippen LogP contribution in [-0.4, -0.2) is 38.3 Å². The molecule has 0 saturated heterocycles. The minimum atomic E-state index is 0.0701. The minimum Gasteiger partial charge on any atom is -0.382 e. The van der Waals surface area contributed by atoms with Crippen LogP contribution in [0.4, 0.5) is 0 Å². The van der Waals surface area contributed by atoms with Gasteiger partial charge in [-0.25, -0.2) is 0 Å². The van der Waals surface area contributed by atoms with Crippen molar-refractivity contribution < 1.29 is 9.53 Å². The Morgan fingerprint density at radius 3 is 2.73 bits per heavy atom. The van der Waals surface area contributed by atoms with E-state index in [1.807, 2.05) is 13.8 Å². The lowest BCUT2D eigenvalue weighted by Gasteiger charge is -2.11. The van der Waals surface area contributed by atoms with Crippen molar-refractivity contribution in [1.29, 1.82) is 0 Å². The second kappa shape index (κ2) is 9.93. The first-order chi connectivity index (χ1) is 7.20. The van der Waals surface area contributed by atoms with Gasteiger partial charge in [-0.3, -0.25) is 4.79 Å². The van der Waals surface area contributed by atoms with Crippen LogP contribution in [0.1, 0.15) is 33.6 Å². The maximum Gasteiger partial charge on any atom is 0.234 e. The number of amides is 1. The fraction of sp³-hybridized carbons (Fsp3) is 0.909. The zero-order valence-corrected chi connectivity index (χ0v) is 10.1. The van der Waals surface area contributed by atoms with Gasteiger partial charge in [-0.05, 0) is 33.2 Å². The normalized spacial score (nSPS) is 12.5. The van der Waals surface area contributed by atoms with E-state index in [2.05, 4.69) is 17.6 Å². The van der Waals surface area contributed by atoms with Crippen LogP contribution in [0, 0.1) is 0 Å². The third-order valence-electron chi connectivity index (χ3n) is 2.15. The molecule has 0 aliphatic carbocycles. The molecule has 1 amide bonds. The van der Waals surface area contributed by atoms with E-state index in [0.29, 0.717) is 6.54 Å². The molecule has 4 nitrogen and oxygen atoms in total. The summed E-state index contributed by atoms with van der Waals surface area (Å²) in [5.74, 6) is 0.0701. The molecule has 0 saturated carbocycles. The molecule has 90 valence electrons. The van der Waals surface area contributed by atoms with Gasteiger partial charge < -0.3 is 15.4 Å². The molecule has 15 heavy (non-hydrogen) atoms. The van der Waals surface area contributed by atoms with Crippen molar-refractivity contribution in [2.75, 3.05) is 26.3 Å². The van der Waals surface area contributed by atoms with Gasteiger partial charge in [-0.2, -0.15) is 0 Å². The number of nitrogens with one attached hydrogen (secondary N) is 2. The lowest BCUT2D eigenvalue weighted by molar-refractivity contribution is -0.120. The highest BCUT2D eigenvalue weighted by atomic mass is 16.5. The van der Waals surface area contributed by atoms with Gasteiger partial charge >= 0.3 is 0 Å². The lowest BCUT2D eigenvalue weighted by Crippen LogP contribution is -2.39. The Morgan fingerprint density at radius 1 is 1.40 bits per heavy atom. The van der Waals surface area contributed by atoms with Crippen molar-refractivity contribution in [3.63, 3.8) is 0 Å². The van der Waals surface area contributed by atoms with Gasteiger partial charge in [0.05, 0.1) is 6.54 Å². The number of carbonyl (C=O) groups is 1. The molecule has 0 fully saturated rings.